The first kappa shape index (κ1) is 16.9. The SMILES string of the molecule is O=C(NNC(=O)C1CC1)c1ccc(S(=O)(=O)N2CCOCC2)cc1. The number of benzene rings is 1. The summed E-state index contributed by atoms with van der Waals surface area (Å²) in [7, 11) is -3.58. The molecular formula is C15H19N3O5S. The summed E-state index contributed by atoms with van der Waals surface area (Å²) in [6, 6.07) is 5.63. The Morgan fingerprint density at radius 1 is 1.04 bits per heavy atom. The van der Waals surface area contributed by atoms with Gasteiger partial charge in [-0.15, -0.1) is 0 Å². The molecule has 130 valence electrons. The first-order valence-electron chi connectivity index (χ1n) is 7.76. The van der Waals surface area contributed by atoms with Crippen LogP contribution in [0.15, 0.2) is 29.2 Å². The lowest BCUT2D eigenvalue weighted by molar-refractivity contribution is -0.123. The highest BCUT2D eigenvalue weighted by molar-refractivity contribution is 7.89. The normalized spacial score (nSPS) is 18.8. The van der Waals surface area contributed by atoms with Crippen molar-refractivity contribution in [1.82, 2.24) is 15.2 Å². The molecule has 0 unspecified atom stereocenters. The van der Waals surface area contributed by atoms with Crippen molar-refractivity contribution in [3.05, 3.63) is 29.8 Å². The van der Waals surface area contributed by atoms with E-state index in [0.717, 1.165) is 12.8 Å². The number of hydrogen-bond acceptors (Lipinski definition) is 5. The van der Waals surface area contributed by atoms with E-state index in [1.165, 1.54) is 28.6 Å². The Kier molecular flexibility index (Phi) is 4.83. The molecule has 24 heavy (non-hydrogen) atoms. The van der Waals surface area contributed by atoms with Gasteiger partial charge in [0.2, 0.25) is 15.9 Å². The number of carbonyl (C=O) groups is 2. The van der Waals surface area contributed by atoms with Gasteiger partial charge < -0.3 is 4.74 Å². The number of sulfonamides is 1. The van der Waals surface area contributed by atoms with E-state index in [2.05, 4.69) is 10.9 Å². The molecule has 0 atom stereocenters. The summed E-state index contributed by atoms with van der Waals surface area (Å²) in [5, 5.41) is 0. The molecular weight excluding hydrogens is 334 g/mol. The Bertz CT molecular complexity index is 722. The molecule has 1 aliphatic heterocycles. The molecule has 0 bridgehead atoms. The van der Waals surface area contributed by atoms with Crippen LogP contribution < -0.4 is 10.9 Å². The van der Waals surface area contributed by atoms with E-state index in [4.69, 9.17) is 4.74 Å². The van der Waals surface area contributed by atoms with E-state index >= 15 is 0 Å². The van der Waals surface area contributed by atoms with Gasteiger partial charge in [0.05, 0.1) is 18.1 Å². The van der Waals surface area contributed by atoms with Crippen LogP contribution in [0.4, 0.5) is 0 Å². The maximum absolute atomic E-state index is 12.5. The summed E-state index contributed by atoms with van der Waals surface area (Å²) in [6.45, 7) is 1.39. The maximum atomic E-state index is 12.5. The molecule has 0 aromatic heterocycles. The Morgan fingerprint density at radius 2 is 1.67 bits per heavy atom. The van der Waals surface area contributed by atoms with Crippen LogP contribution in [0.3, 0.4) is 0 Å². The zero-order valence-corrected chi connectivity index (χ0v) is 13.8. The van der Waals surface area contributed by atoms with Gasteiger partial charge in [-0.3, -0.25) is 20.4 Å². The number of hydrogen-bond donors (Lipinski definition) is 2. The van der Waals surface area contributed by atoms with Crippen LogP contribution in [0.1, 0.15) is 23.2 Å². The van der Waals surface area contributed by atoms with Crippen molar-refractivity contribution >= 4 is 21.8 Å². The number of hydrazine groups is 1. The van der Waals surface area contributed by atoms with Crippen molar-refractivity contribution in [1.29, 1.82) is 0 Å². The quantitative estimate of drug-likeness (QED) is 0.734. The third-order valence-electron chi connectivity index (χ3n) is 3.97. The number of nitrogens with one attached hydrogen (secondary N) is 2. The fourth-order valence-corrected chi connectivity index (χ4v) is 3.76. The first-order valence-corrected chi connectivity index (χ1v) is 9.20. The molecule has 2 N–H and O–H groups in total. The lowest BCUT2D eigenvalue weighted by Gasteiger charge is -2.26. The fourth-order valence-electron chi connectivity index (χ4n) is 2.35. The van der Waals surface area contributed by atoms with E-state index < -0.39 is 15.9 Å². The smallest absolute Gasteiger partial charge is 0.269 e. The molecule has 1 aromatic carbocycles. The summed E-state index contributed by atoms with van der Waals surface area (Å²) in [5.41, 5.74) is 4.96. The second-order valence-corrected chi connectivity index (χ2v) is 7.70. The summed E-state index contributed by atoms with van der Waals surface area (Å²) >= 11 is 0. The first-order chi connectivity index (χ1) is 11.5. The summed E-state index contributed by atoms with van der Waals surface area (Å²) in [5.74, 6) is -0.694. The van der Waals surface area contributed by atoms with Gasteiger partial charge in [0.15, 0.2) is 0 Å². The van der Waals surface area contributed by atoms with Gasteiger partial charge in [-0.1, -0.05) is 0 Å². The largest absolute Gasteiger partial charge is 0.379 e. The van der Waals surface area contributed by atoms with E-state index in [9.17, 15) is 18.0 Å². The van der Waals surface area contributed by atoms with Gasteiger partial charge in [0, 0.05) is 24.6 Å². The number of rotatable bonds is 4. The third-order valence-corrected chi connectivity index (χ3v) is 5.88. The van der Waals surface area contributed by atoms with Crippen molar-refractivity contribution in [3.63, 3.8) is 0 Å². The molecule has 1 aromatic rings. The van der Waals surface area contributed by atoms with Crippen molar-refractivity contribution in [2.75, 3.05) is 26.3 Å². The highest BCUT2D eigenvalue weighted by Crippen LogP contribution is 2.28. The highest BCUT2D eigenvalue weighted by atomic mass is 32.2. The number of ether oxygens (including phenoxy) is 1. The summed E-state index contributed by atoms with van der Waals surface area (Å²) in [6.07, 6.45) is 1.69. The monoisotopic (exact) mass is 353 g/mol. The number of amides is 2. The molecule has 0 spiro atoms. The van der Waals surface area contributed by atoms with E-state index in [-0.39, 0.29) is 22.3 Å². The maximum Gasteiger partial charge on any atom is 0.269 e. The van der Waals surface area contributed by atoms with Crippen molar-refractivity contribution in [3.8, 4) is 0 Å². The number of nitrogens with zero attached hydrogens (tertiary/aromatic N) is 1. The molecule has 2 amide bonds. The molecule has 8 nitrogen and oxygen atoms in total. The minimum Gasteiger partial charge on any atom is -0.379 e. The van der Waals surface area contributed by atoms with Crippen LogP contribution in [0.2, 0.25) is 0 Å². The Balaban J connectivity index is 1.63. The standard InChI is InChI=1S/C15H19N3O5S/c19-14(11-1-2-11)16-17-15(20)12-3-5-13(6-4-12)24(21,22)18-7-9-23-10-8-18/h3-6,11H,1-2,7-10H2,(H,16,19)(H,17,20). The number of morpholine rings is 1. The molecule has 3 rings (SSSR count). The Morgan fingerprint density at radius 3 is 2.25 bits per heavy atom. The second-order valence-electron chi connectivity index (χ2n) is 5.76. The van der Waals surface area contributed by atoms with Crippen LogP contribution in [0.5, 0.6) is 0 Å². The molecule has 9 heteroatoms. The lowest BCUT2D eigenvalue weighted by atomic mass is 10.2. The molecule has 1 saturated carbocycles. The molecule has 1 aliphatic carbocycles. The zero-order chi connectivity index (χ0) is 17.2. The van der Waals surface area contributed by atoms with Crippen molar-refractivity contribution < 1.29 is 22.7 Å². The van der Waals surface area contributed by atoms with Crippen LogP contribution in [0.25, 0.3) is 0 Å². The van der Waals surface area contributed by atoms with E-state index in [1.807, 2.05) is 0 Å². The highest BCUT2D eigenvalue weighted by Gasteiger charge is 2.30. The van der Waals surface area contributed by atoms with E-state index in [0.29, 0.717) is 26.3 Å². The van der Waals surface area contributed by atoms with Gasteiger partial charge in [-0.05, 0) is 37.1 Å². The summed E-state index contributed by atoms with van der Waals surface area (Å²) in [4.78, 5) is 23.6. The average Bonchev–Trinajstić information content (AvgIpc) is 3.45. The molecule has 2 fully saturated rings. The van der Waals surface area contributed by atoms with Crippen LogP contribution in [0, 0.1) is 5.92 Å². The van der Waals surface area contributed by atoms with Crippen LogP contribution >= 0.6 is 0 Å². The molecule has 2 aliphatic rings. The van der Waals surface area contributed by atoms with E-state index in [1.54, 1.807) is 0 Å². The minimum absolute atomic E-state index is 0.00802. The van der Waals surface area contributed by atoms with Crippen molar-refractivity contribution in [2.45, 2.75) is 17.7 Å². The molecule has 1 saturated heterocycles. The van der Waals surface area contributed by atoms with Gasteiger partial charge >= 0.3 is 0 Å². The van der Waals surface area contributed by atoms with Crippen molar-refractivity contribution in [2.24, 2.45) is 5.92 Å². The van der Waals surface area contributed by atoms with Gasteiger partial charge in [0.25, 0.3) is 5.91 Å². The third kappa shape index (κ3) is 3.74. The van der Waals surface area contributed by atoms with Gasteiger partial charge in [0.1, 0.15) is 0 Å². The molecule has 1 heterocycles. The summed E-state index contributed by atoms with van der Waals surface area (Å²) < 4.78 is 31.5. The van der Waals surface area contributed by atoms with Crippen LogP contribution in [-0.2, 0) is 19.6 Å². The van der Waals surface area contributed by atoms with Gasteiger partial charge in [-0.2, -0.15) is 4.31 Å². The second kappa shape index (κ2) is 6.88. The average molecular weight is 353 g/mol. The predicted octanol–water partition coefficient (Wildman–Crippen LogP) is -0.122. The Hall–Kier alpha value is -1.97. The van der Waals surface area contributed by atoms with Crippen LogP contribution in [-0.4, -0.2) is 50.8 Å². The number of carbonyl (C=O) groups excluding carboxylic acids is 2. The fraction of sp³-hybridized carbons (Fsp3) is 0.467. The predicted molar refractivity (Wildman–Crippen MR) is 84.4 cm³/mol. The topological polar surface area (TPSA) is 105 Å². The Labute approximate surface area is 140 Å². The zero-order valence-electron chi connectivity index (χ0n) is 13.0. The minimum atomic E-state index is -3.58. The molecule has 0 radical (unpaired) electrons. The lowest BCUT2D eigenvalue weighted by Crippen LogP contribution is -2.42. The van der Waals surface area contributed by atoms with Gasteiger partial charge in [-0.25, -0.2) is 8.42 Å².